The lowest BCUT2D eigenvalue weighted by Gasteiger charge is -2.14. The van der Waals surface area contributed by atoms with Crippen molar-refractivity contribution < 1.29 is 5.11 Å². The first-order valence-electron chi connectivity index (χ1n) is 4.31. The smallest absolute Gasteiger partial charge is 0.0667 e. The molecular weight excluding hydrogens is 176 g/mol. The highest BCUT2D eigenvalue weighted by Crippen LogP contribution is 2.40. The molecule has 0 aliphatic carbocycles. The molecule has 1 aliphatic rings. The van der Waals surface area contributed by atoms with E-state index in [4.69, 9.17) is 0 Å². The predicted octanol–water partition coefficient (Wildman–Crippen LogP) is 2.69. The molecule has 1 saturated heterocycles. The quantitative estimate of drug-likeness (QED) is 0.692. The van der Waals surface area contributed by atoms with E-state index in [-0.39, 0.29) is 6.10 Å². The first-order chi connectivity index (χ1) is 5.34. The molecule has 1 rings (SSSR count). The summed E-state index contributed by atoms with van der Waals surface area (Å²) >= 11 is 0. The fourth-order valence-electron chi connectivity index (χ4n) is 1.20. The maximum atomic E-state index is 9.65. The van der Waals surface area contributed by atoms with Crippen LogP contribution in [-0.4, -0.2) is 22.2 Å². The van der Waals surface area contributed by atoms with Gasteiger partial charge in [0.15, 0.2) is 0 Å². The van der Waals surface area contributed by atoms with Gasteiger partial charge in [-0.05, 0) is 12.8 Å². The highest BCUT2D eigenvalue weighted by atomic mass is 33.1. The van der Waals surface area contributed by atoms with Gasteiger partial charge in [-0.2, -0.15) is 0 Å². The lowest BCUT2D eigenvalue weighted by molar-refractivity contribution is 0.158. The van der Waals surface area contributed by atoms with E-state index in [0.29, 0.717) is 5.25 Å². The molecule has 3 heteroatoms. The third kappa shape index (κ3) is 3.26. The van der Waals surface area contributed by atoms with Gasteiger partial charge in [0.1, 0.15) is 0 Å². The first kappa shape index (κ1) is 9.75. The van der Waals surface area contributed by atoms with Crippen LogP contribution in [0.4, 0.5) is 0 Å². The standard InChI is InChI=1S/C8H16OS2/c1-2-3-4-7(9)8-5-6-10-11-8/h7-9H,2-6H2,1H3. The molecule has 0 saturated carbocycles. The molecule has 0 amide bonds. The Morgan fingerprint density at radius 3 is 3.00 bits per heavy atom. The molecule has 1 N–H and O–H groups in total. The molecule has 0 bridgehead atoms. The molecule has 0 aromatic rings. The van der Waals surface area contributed by atoms with Crippen molar-refractivity contribution in [3.63, 3.8) is 0 Å². The van der Waals surface area contributed by atoms with Gasteiger partial charge in [-0.15, -0.1) is 0 Å². The Kier molecular flexibility index (Phi) is 4.72. The number of unbranched alkanes of at least 4 members (excludes halogenated alkanes) is 1. The van der Waals surface area contributed by atoms with Crippen molar-refractivity contribution in [2.75, 3.05) is 5.75 Å². The molecule has 0 spiro atoms. The van der Waals surface area contributed by atoms with Gasteiger partial charge in [0.2, 0.25) is 0 Å². The molecule has 1 heterocycles. The Labute approximate surface area is 76.7 Å². The van der Waals surface area contributed by atoms with Crippen LogP contribution in [0.1, 0.15) is 32.6 Å². The summed E-state index contributed by atoms with van der Waals surface area (Å²) in [5.74, 6) is 1.22. The van der Waals surface area contributed by atoms with E-state index in [9.17, 15) is 5.11 Å². The van der Waals surface area contributed by atoms with Crippen molar-refractivity contribution in [3.8, 4) is 0 Å². The molecule has 0 aromatic heterocycles. The number of aliphatic hydroxyl groups is 1. The summed E-state index contributed by atoms with van der Waals surface area (Å²) < 4.78 is 0. The monoisotopic (exact) mass is 192 g/mol. The van der Waals surface area contributed by atoms with E-state index >= 15 is 0 Å². The topological polar surface area (TPSA) is 20.2 Å². The lowest BCUT2D eigenvalue weighted by atomic mass is 10.1. The van der Waals surface area contributed by atoms with Crippen LogP contribution < -0.4 is 0 Å². The van der Waals surface area contributed by atoms with Gasteiger partial charge in [-0.1, -0.05) is 41.4 Å². The van der Waals surface area contributed by atoms with Crippen LogP contribution in [-0.2, 0) is 0 Å². The van der Waals surface area contributed by atoms with Crippen molar-refractivity contribution in [1.82, 2.24) is 0 Å². The second kappa shape index (κ2) is 5.33. The highest BCUT2D eigenvalue weighted by molar-refractivity contribution is 8.77. The van der Waals surface area contributed by atoms with Gasteiger partial charge < -0.3 is 5.11 Å². The van der Waals surface area contributed by atoms with Crippen molar-refractivity contribution in [3.05, 3.63) is 0 Å². The normalized spacial score (nSPS) is 27.3. The van der Waals surface area contributed by atoms with E-state index in [1.165, 1.54) is 25.0 Å². The van der Waals surface area contributed by atoms with Gasteiger partial charge >= 0.3 is 0 Å². The molecule has 0 aromatic carbocycles. The third-order valence-corrected chi connectivity index (χ3v) is 4.95. The number of rotatable bonds is 4. The Hall–Kier alpha value is 0.660. The summed E-state index contributed by atoms with van der Waals surface area (Å²) in [7, 11) is 3.77. The Morgan fingerprint density at radius 2 is 2.45 bits per heavy atom. The fourth-order valence-corrected chi connectivity index (χ4v) is 4.23. The molecule has 1 nitrogen and oxygen atoms in total. The second-order valence-corrected chi connectivity index (χ2v) is 5.68. The summed E-state index contributed by atoms with van der Waals surface area (Å²) in [5, 5.41) is 10.2. The van der Waals surface area contributed by atoms with Gasteiger partial charge in [0.25, 0.3) is 0 Å². The van der Waals surface area contributed by atoms with Gasteiger partial charge in [-0.25, -0.2) is 0 Å². The summed E-state index contributed by atoms with van der Waals surface area (Å²) in [6.07, 6.45) is 4.51. The van der Waals surface area contributed by atoms with Crippen molar-refractivity contribution in [1.29, 1.82) is 0 Å². The van der Waals surface area contributed by atoms with Crippen LogP contribution in [0.3, 0.4) is 0 Å². The average molecular weight is 192 g/mol. The maximum absolute atomic E-state index is 9.65. The van der Waals surface area contributed by atoms with E-state index in [1.54, 1.807) is 0 Å². The van der Waals surface area contributed by atoms with Crippen LogP contribution in [0, 0.1) is 0 Å². The minimum Gasteiger partial charge on any atom is -0.392 e. The summed E-state index contributed by atoms with van der Waals surface area (Å²) in [5.41, 5.74) is 0. The molecule has 1 fully saturated rings. The maximum Gasteiger partial charge on any atom is 0.0667 e. The molecule has 1 aliphatic heterocycles. The van der Waals surface area contributed by atoms with E-state index in [2.05, 4.69) is 6.92 Å². The SMILES string of the molecule is CCCCC(O)C1CCSS1. The van der Waals surface area contributed by atoms with Crippen molar-refractivity contribution in [2.24, 2.45) is 0 Å². The second-order valence-electron chi connectivity index (χ2n) is 2.95. The predicted molar refractivity (Wildman–Crippen MR) is 54.0 cm³/mol. The molecule has 11 heavy (non-hydrogen) atoms. The third-order valence-electron chi connectivity index (χ3n) is 1.96. The zero-order valence-corrected chi connectivity index (χ0v) is 8.59. The first-order valence-corrected chi connectivity index (χ1v) is 6.69. The van der Waals surface area contributed by atoms with Crippen molar-refractivity contribution in [2.45, 2.75) is 44.0 Å². The molecule has 0 radical (unpaired) electrons. The number of aliphatic hydroxyl groups excluding tert-OH is 1. The Bertz CT molecular complexity index is 102. The van der Waals surface area contributed by atoms with E-state index in [0.717, 1.165) is 6.42 Å². The molecule has 2 atom stereocenters. The Morgan fingerprint density at radius 1 is 1.64 bits per heavy atom. The van der Waals surface area contributed by atoms with E-state index < -0.39 is 0 Å². The molecule has 2 unspecified atom stereocenters. The van der Waals surface area contributed by atoms with E-state index in [1.807, 2.05) is 21.6 Å². The summed E-state index contributed by atoms with van der Waals surface area (Å²) in [6.45, 7) is 2.17. The van der Waals surface area contributed by atoms with Crippen LogP contribution in [0.5, 0.6) is 0 Å². The fraction of sp³-hybridized carbons (Fsp3) is 1.00. The lowest BCUT2D eigenvalue weighted by Crippen LogP contribution is -2.20. The van der Waals surface area contributed by atoms with Crippen LogP contribution in [0.25, 0.3) is 0 Å². The number of hydrogen-bond acceptors (Lipinski definition) is 3. The van der Waals surface area contributed by atoms with Crippen LogP contribution in [0.15, 0.2) is 0 Å². The minimum absolute atomic E-state index is 0.0463. The van der Waals surface area contributed by atoms with Gasteiger partial charge in [-0.3, -0.25) is 0 Å². The average Bonchev–Trinajstić information content (AvgIpc) is 2.52. The van der Waals surface area contributed by atoms with Crippen LogP contribution >= 0.6 is 21.6 Å². The summed E-state index contributed by atoms with van der Waals surface area (Å²) in [6, 6.07) is 0. The largest absolute Gasteiger partial charge is 0.392 e. The van der Waals surface area contributed by atoms with Gasteiger partial charge in [0.05, 0.1) is 6.10 Å². The minimum atomic E-state index is -0.0463. The summed E-state index contributed by atoms with van der Waals surface area (Å²) in [4.78, 5) is 0. The molecule has 66 valence electrons. The zero-order valence-electron chi connectivity index (χ0n) is 6.95. The number of hydrogen-bond donors (Lipinski definition) is 1. The Balaban J connectivity index is 2.12. The van der Waals surface area contributed by atoms with Gasteiger partial charge in [0, 0.05) is 11.0 Å². The highest BCUT2D eigenvalue weighted by Gasteiger charge is 2.23. The van der Waals surface area contributed by atoms with Crippen molar-refractivity contribution >= 4 is 21.6 Å². The van der Waals surface area contributed by atoms with Crippen LogP contribution in [0.2, 0.25) is 0 Å². The molecular formula is C8H16OS2. The zero-order chi connectivity index (χ0) is 8.10.